The maximum Gasteiger partial charge on any atom is 0.251 e. The minimum Gasteiger partial charge on any atom is -0.380 e. The fourth-order valence-corrected chi connectivity index (χ4v) is 4.80. The van der Waals surface area contributed by atoms with E-state index < -0.39 is 0 Å². The summed E-state index contributed by atoms with van der Waals surface area (Å²) in [6.07, 6.45) is 5.51. The van der Waals surface area contributed by atoms with Crippen molar-refractivity contribution >= 4 is 43.4 Å². The van der Waals surface area contributed by atoms with Crippen molar-refractivity contribution in [3.8, 4) is 0 Å². The van der Waals surface area contributed by atoms with E-state index in [9.17, 15) is 4.79 Å². The first-order valence-corrected chi connectivity index (χ1v) is 10.2. The largest absolute Gasteiger partial charge is 0.380 e. The number of amides is 1. The molecule has 2 aromatic rings. The molecule has 0 atom stereocenters. The highest BCUT2D eigenvalue weighted by Crippen LogP contribution is 2.25. The minimum absolute atomic E-state index is 0.0467. The predicted octanol–water partition coefficient (Wildman–Crippen LogP) is 4.51. The topological polar surface area (TPSA) is 43.6 Å². The Labute approximate surface area is 154 Å². The summed E-state index contributed by atoms with van der Waals surface area (Å²) in [5.74, 6) is 0.154. The highest BCUT2D eigenvalue weighted by atomic mass is 79.9. The summed E-state index contributed by atoms with van der Waals surface area (Å²) in [7, 11) is 0. The third-order valence-corrected chi connectivity index (χ3v) is 6.00. The van der Waals surface area contributed by atoms with Gasteiger partial charge in [-0.15, -0.1) is 0 Å². The monoisotopic (exact) mass is 410 g/mol. The summed E-state index contributed by atoms with van der Waals surface area (Å²) in [6, 6.07) is 6.19. The lowest BCUT2D eigenvalue weighted by atomic mass is 9.89. The molecule has 4 nitrogen and oxygen atoms in total. The molecule has 1 aromatic carbocycles. The summed E-state index contributed by atoms with van der Waals surface area (Å²) in [5.41, 5.74) is 1.11. The number of benzene rings is 1. The first-order chi connectivity index (χ1) is 11.7. The zero-order valence-electron chi connectivity index (χ0n) is 14.0. The molecular formula is C18H23BrN2O2S. The molecule has 0 saturated heterocycles. The van der Waals surface area contributed by atoms with Crippen LogP contribution in [0, 0.1) is 5.92 Å². The second-order valence-corrected chi connectivity index (χ2v) is 8.05. The first kappa shape index (κ1) is 17.8. The summed E-state index contributed by atoms with van der Waals surface area (Å²) >= 11 is 5.10. The van der Waals surface area contributed by atoms with E-state index in [-0.39, 0.29) is 11.8 Å². The summed E-state index contributed by atoms with van der Waals surface area (Å²) in [6.45, 7) is 4.03. The Bertz CT molecular complexity index is 775. The van der Waals surface area contributed by atoms with Gasteiger partial charge in [-0.1, -0.05) is 46.5 Å². The zero-order chi connectivity index (χ0) is 16.9. The van der Waals surface area contributed by atoms with Crippen LogP contribution in [0.1, 0.15) is 39.0 Å². The summed E-state index contributed by atoms with van der Waals surface area (Å²) < 4.78 is 9.79. The molecule has 0 N–H and O–H groups in total. The number of carbonyl (C=O) groups excluding carboxylic acids is 1. The average molecular weight is 411 g/mol. The van der Waals surface area contributed by atoms with Crippen LogP contribution in [0.5, 0.6) is 0 Å². The lowest BCUT2D eigenvalue weighted by Crippen LogP contribution is -2.23. The Kier molecular flexibility index (Phi) is 6.25. The lowest BCUT2D eigenvalue weighted by Gasteiger charge is -2.17. The molecule has 0 aliphatic heterocycles. The van der Waals surface area contributed by atoms with Crippen molar-refractivity contribution in [3.63, 3.8) is 0 Å². The Hall–Kier alpha value is -0.980. The quantitative estimate of drug-likeness (QED) is 0.680. The first-order valence-electron chi connectivity index (χ1n) is 8.64. The van der Waals surface area contributed by atoms with Gasteiger partial charge in [-0.05, 0) is 38.0 Å². The third-order valence-electron chi connectivity index (χ3n) is 4.47. The fourth-order valence-electron chi connectivity index (χ4n) is 3.18. The van der Waals surface area contributed by atoms with Crippen LogP contribution < -0.4 is 4.80 Å². The molecule has 1 amide bonds. The van der Waals surface area contributed by atoms with Crippen molar-refractivity contribution in [2.24, 2.45) is 10.9 Å². The fraction of sp³-hybridized carbons (Fsp3) is 0.556. The normalized spacial score (nSPS) is 16.8. The Morgan fingerprint density at radius 3 is 2.92 bits per heavy atom. The molecule has 130 valence electrons. The van der Waals surface area contributed by atoms with Gasteiger partial charge in [-0.3, -0.25) is 4.79 Å². The van der Waals surface area contributed by atoms with Gasteiger partial charge < -0.3 is 9.30 Å². The number of rotatable bonds is 5. The van der Waals surface area contributed by atoms with E-state index in [1.807, 2.05) is 13.0 Å². The van der Waals surface area contributed by atoms with Gasteiger partial charge in [-0.2, -0.15) is 4.99 Å². The number of fused-ring (bicyclic) bond motifs is 1. The molecule has 0 radical (unpaired) electrons. The van der Waals surface area contributed by atoms with Crippen LogP contribution in [0.25, 0.3) is 10.2 Å². The third kappa shape index (κ3) is 4.16. The molecule has 1 saturated carbocycles. The van der Waals surface area contributed by atoms with Crippen LogP contribution in [0.3, 0.4) is 0 Å². The van der Waals surface area contributed by atoms with Crippen molar-refractivity contribution < 1.29 is 9.53 Å². The molecule has 1 aromatic heterocycles. The number of hydrogen-bond acceptors (Lipinski definition) is 3. The average Bonchev–Trinajstić information content (AvgIpc) is 2.92. The van der Waals surface area contributed by atoms with Gasteiger partial charge in [0.25, 0.3) is 5.91 Å². The molecule has 0 bridgehead atoms. The molecule has 1 heterocycles. The van der Waals surface area contributed by atoms with E-state index in [0.717, 1.165) is 45.2 Å². The maximum atomic E-state index is 12.6. The highest BCUT2D eigenvalue weighted by molar-refractivity contribution is 9.10. The second kappa shape index (κ2) is 8.41. The minimum atomic E-state index is 0.0467. The number of aromatic nitrogens is 1. The van der Waals surface area contributed by atoms with E-state index in [4.69, 9.17) is 4.74 Å². The smallest absolute Gasteiger partial charge is 0.251 e. The SMILES string of the molecule is CCOCCn1c(=NC(=O)C2CCCCC2)sc2cc(Br)ccc21. The van der Waals surface area contributed by atoms with Crippen LogP contribution in [0.2, 0.25) is 0 Å². The Morgan fingerprint density at radius 1 is 1.38 bits per heavy atom. The van der Waals surface area contributed by atoms with Gasteiger partial charge >= 0.3 is 0 Å². The maximum absolute atomic E-state index is 12.6. The van der Waals surface area contributed by atoms with Crippen LogP contribution in [-0.2, 0) is 16.1 Å². The van der Waals surface area contributed by atoms with Crippen LogP contribution in [-0.4, -0.2) is 23.7 Å². The van der Waals surface area contributed by atoms with Gasteiger partial charge in [0.2, 0.25) is 0 Å². The highest BCUT2D eigenvalue weighted by Gasteiger charge is 2.21. The molecule has 3 rings (SSSR count). The molecule has 1 aliphatic carbocycles. The standard InChI is InChI=1S/C18H23BrN2O2S/c1-2-23-11-10-21-15-9-8-14(19)12-16(15)24-18(21)20-17(22)13-6-4-3-5-7-13/h8-9,12-13H,2-7,10-11H2,1H3. The van der Waals surface area contributed by atoms with Gasteiger partial charge in [-0.25, -0.2) is 0 Å². The molecule has 24 heavy (non-hydrogen) atoms. The molecule has 0 unspecified atom stereocenters. The van der Waals surface area contributed by atoms with E-state index in [1.54, 1.807) is 11.3 Å². The summed E-state index contributed by atoms with van der Waals surface area (Å²) in [4.78, 5) is 17.9. The number of hydrogen-bond donors (Lipinski definition) is 0. The number of nitrogens with zero attached hydrogens (tertiary/aromatic N) is 2. The molecule has 1 aliphatic rings. The van der Waals surface area contributed by atoms with Gasteiger partial charge in [0.15, 0.2) is 4.80 Å². The number of halogens is 1. The number of ether oxygens (including phenoxy) is 1. The van der Waals surface area contributed by atoms with Crippen LogP contribution >= 0.6 is 27.3 Å². The molecular weight excluding hydrogens is 388 g/mol. The second-order valence-electron chi connectivity index (χ2n) is 6.13. The van der Waals surface area contributed by atoms with E-state index in [2.05, 4.69) is 37.6 Å². The van der Waals surface area contributed by atoms with Crippen molar-refractivity contribution in [1.82, 2.24) is 4.57 Å². The Balaban J connectivity index is 1.96. The lowest BCUT2D eigenvalue weighted by molar-refractivity contribution is -0.122. The van der Waals surface area contributed by atoms with Gasteiger partial charge in [0, 0.05) is 23.5 Å². The molecule has 1 fully saturated rings. The van der Waals surface area contributed by atoms with E-state index in [1.165, 1.54) is 6.42 Å². The molecule has 6 heteroatoms. The van der Waals surface area contributed by atoms with Gasteiger partial charge in [0.1, 0.15) is 0 Å². The van der Waals surface area contributed by atoms with Crippen molar-refractivity contribution in [2.75, 3.05) is 13.2 Å². The van der Waals surface area contributed by atoms with Crippen LogP contribution in [0.15, 0.2) is 27.7 Å². The number of carbonyl (C=O) groups is 1. The van der Waals surface area contributed by atoms with E-state index in [0.29, 0.717) is 19.8 Å². The molecule has 0 spiro atoms. The van der Waals surface area contributed by atoms with E-state index >= 15 is 0 Å². The van der Waals surface area contributed by atoms with Crippen molar-refractivity contribution in [2.45, 2.75) is 45.6 Å². The number of thiazole rings is 1. The zero-order valence-corrected chi connectivity index (χ0v) is 16.4. The van der Waals surface area contributed by atoms with Crippen molar-refractivity contribution in [3.05, 3.63) is 27.5 Å². The van der Waals surface area contributed by atoms with Crippen LogP contribution in [0.4, 0.5) is 0 Å². The predicted molar refractivity (Wildman–Crippen MR) is 101 cm³/mol. The van der Waals surface area contributed by atoms with Crippen molar-refractivity contribution in [1.29, 1.82) is 0 Å². The van der Waals surface area contributed by atoms with Gasteiger partial charge in [0.05, 0.1) is 16.8 Å². The summed E-state index contributed by atoms with van der Waals surface area (Å²) in [5, 5.41) is 0. The Morgan fingerprint density at radius 2 is 2.17 bits per heavy atom.